The summed E-state index contributed by atoms with van der Waals surface area (Å²) in [6.07, 6.45) is -0.244. The van der Waals surface area contributed by atoms with E-state index in [0.29, 0.717) is 0 Å². The minimum atomic E-state index is -1.84. The molecule has 1 rings (SSSR count). The van der Waals surface area contributed by atoms with Crippen molar-refractivity contribution in [3.63, 3.8) is 0 Å². The van der Waals surface area contributed by atoms with E-state index in [1.165, 1.54) is 0 Å². The Morgan fingerprint density at radius 3 is 1.93 bits per heavy atom. The molecule has 0 spiro atoms. The summed E-state index contributed by atoms with van der Waals surface area (Å²) in [5.41, 5.74) is -0.639. The molecule has 0 unspecified atom stereocenters. The molecule has 0 aromatic heterocycles. The molecule has 1 nitrogen and oxygen atoms in total. The van der Waals surface area contributed by atoms with Gasteiger partial charge in [-0.3, -0.25) is 0 Å². The van der Waals surface area contributed by atoms with Crippen LogP contribution in [-0.4, -0.2) is 11.7 Å². The van der Waals surface area contributed by atoms with Crippen molar-refractivity contribution >= 4 is 0 Å². The Kier molecular flexibility index (Phi) is 3.10. The Morgan fingerprint density at radius 2 is 1.43 bits per heavy atom. The molecule has 78 valence electrons. The maximum atomic E-state index is 13.0. The number of rotatable bonds is 2. The van der Waals surface area contributed by atoms with Gasteiger partial charge in [0.2, 0.25) is 0 Å². The summed E-state index contributed by atoms with van der Waals surface area (Å²) < 4.78 is 51.2. The third-order valence-corrected chi connectivity index (χ3v) is 1.99. The molecule has 0 aliphatic carbocycles. The second-order valence-corrected chi connectivity index (χ2v) is 2.83. The highest BCUT2D eigenvalue weighted by atomic mass is 19.2. The van der Waals surface area contributed by atoms with Crippen LogP contribution in [0.1, 0.15) is 11.1 Å². The fourth-order valence-corrected chi connectivity index (χ4v) is 1.20. The number of halogens is 4. The molecule has 1 N–H and O–H groups in total. The molecule has 14 heavy (non-hydrogen) atoms. The first-order valence-electron chi connectivity index (χ1n) is 3.93. The number of aliphatic hydroxyl groups is 1. The van der Waals surface area contributed by atoms with E-state index in [4.69, 9.17) is 5.11 Å². The molecule has 0 atom stereocenters. The van der Waals surface area contributed by atoms with Gasteiger partial charge < -0.3 is 5.11 Å². The lowest BCUT2D eigenvalue weighted by atomic mass is 10.0. The minimum Gasteiger partial charge on any atom is -0.396 e. The van der Waals surface area contributed by atoms with Crippen LogP contribution in [-0.2, 0) is 6.42 Å². The predicted octanol–water partition coefficient (Wildman–Crippen LogP) is 2.09. The molecular weight excluding hydrogens is 200 g/mol. The Bertz CT molecular complexity index is 333. The molecule has 5 heteroatoms. The lowest BCUT2D eigenvalue weighted by Gasteiger charge is -2.08. The first-order valence-corrected chi connectivity index (χ1v) is 3.93. The quantitative estimate of drug-likeness (QED) is 0.448. The molecule has 1 aromatic rings. The maximum absolute atomic E-state index is 13.0. The van der Waals surface area contributed by atoms with Crippen LogP contribution in [0.2, 0.25) is 0 Å². The lowest BCUT2D eigenvalue weighted by molar-refractivity contribution is 0.295. The van der Waals surface area contributed by atoms with Gasteiger partial charge in [0.15, 0.2) is 23.3 Å². The summed E-state index contributed by atoms with van der Waals surface area (Å²) >= 11 is 0. The average molecular weight is 208 g/mol. The van der Waals surface area contributed by atoms with E-state index in [1.54, 1.807) is 0 Å². The van der Waals surface area contributed by atoms with Gasteiger partial charge >= 0.3 is 0 Å². The Hall–Kier alpha value is -1.10. The van der Waals surface area contributed by atoms with Crippen LogP contribution in [0.15, 0.2) is 0 Å². The zero-order chi connectivity index (χ0) is 10.9. The SMILES string of the molecule is Cc1c(F)c(F)c(F)c(F)c1CCO. The van der Waals surface area contributed by atoms with E-state index < -0.39 is 29.9 Å². The van der Waals surface area contributed by atoms with Crippen molar-refractivity contribution in [2.75, 3.05) is 6.61 Å². The fourth-order valence-electron chi connectivity index (χ4n) is 1.20. The van der Waals surface area contributed by atoms with Crippen LogP contribution < -0.4 is 0 Å². The van der Waals surface area contributed by atoms with Crippen molar-refractivity contribution in [1.82, 2.24) is 0 Å². The molecule has 0 radical (unpaired) electrons. The first kappa shape index (κ1) is 11.0. The maximum Gasteiger partial charge on any atom is 0.197 e. The van der Waals surface area contributed by atoms with Gasteiger partial charge in [0.1, 0.15) is 0 Å². The third-order valence-electron chi connectivity index (χ3n) is 1.99. The van der Waals surface area contributed by atoms with Crippen molar-refractivity contribution in [1.29, 1.82) is 0 Å². The van der Waals surface area contributed by atoms with Crippen LogP contribution in [0, 0.1) is 30.2 Å². The molecule has 0 saturated carbocycles. The van der Waals surface area contributed by atoms with Gasteiger partial charge in [-0.2, -0.15) is 0 Å². The van der Waals surface area contributed by atoms with E-state index in [1.807, 2.05) is 0 Å². The smallest absolute Gasteiger partial charge is 0.197 e. The summed E-state index contributed by atoms with van der Waals surface area (Å²) in [5, 5.41) is 8.51. The summed E-state index contributed by atoms with van der Waals surface area (Å²) in [7, 11) is 0. The molecule has 0 aliphatic heterocycles. The van der Waals surface area contributed by atoms with E-state index in [2.05, 4.69) is 0 Å². The van der Waals surface area contributed by atoms with Crippen molar-refractivity contribution in [3.8, 4) is 0 Å². The molecule has 0 fully saturated rings. The summed E-state index contributed by atoms with van der Waals surface area (Å²) in [4.78, 5) is 0. The number of aliphatic hydroxyl groups excluding tert-OH is 1. The van der Waals surface area contributed by atoms with Gasteiger partial charge in [-0.15, -0.1) is 0 Å². The molecule has 0 saturated heterocycles. The normalized spacial score (nSPS) is 10.7. The molecular formula is C9H8F4O. The summed E-state index contributed by atoms with van der Waals surface area (Å²) in [5.74, 6) is -6.50. The molecule has 0 heterocycles. The molecule has 0 bridgehead atoms. The van der Waals surface area contributed by atoms with Gasteiger partial charge in [0, 0.05) is 6.61 Å². The highest BCUT2D eigenvalue weighted by molar-refractivity contribution is 5.31. The fraction of sp³-hybridized carbons (Fsp3) is 0.333. The van der Waals surface area contributed by atoms with Crippen molar-refractivity contribution < 1.29 is 22.7 Å². The topological polar surface area (TPSA) is 20.2 Å². The number of benzene rings is 1. The van der Waals surface area contributed by atoms with Gasteiger partial charge in [-0.25, -0.2) is 17.6 Å². The predicted molar refractivity (Wildman–Crippen MR) is 41.8 cm³/mol. The standard InChI is InChI=1S/C9H8F4O/c1-4-5(2-3-14)7(11)9(13)8(12)6(4)10/h14H,2-3H2,1H3. The molecule has 0 amide bonds. The van der Waals surface area contributed by atoms with Crippen LogP contribution in [0.25, 0.3) is 0 Å². The van der Waals surface area contributed by atoms with E-state index in [9.17, 15) is 17.6 Å². The van der Waals surface area contributed by atoms with Crippen LogP contribution in [0.3, 0.4) is 0 Å². The van der Waals surface area contributed by atoms with Crippen LogP contribution in [0.5, 0.6) is 0 Å². The Morgan fingerprint density at radius 1 is 0.929 bits per heavy atom. The van der Waals surface area contributed by atoms with Crippen LogP contribution in [0.4, 0.5) is 17.6 Å². The second kappa shape index (κ2) is 3.96. The summed E-state index contributed by atoms with van der Waals surface area (Å²) in [6, 6.07) is 0. The average Bonchev–Trinajstić information content (AvgIpc) is 2.19. The zero-order valence-electron chi connectivity index (χ0n) is 7.37. The number of hydrogen-bond donors (Lipinski definition) is 1. The third kappa shape index (κ3) is 1.59. The largest absolute Gasteiger partial charge is 0.396 e. The van der Waals surface area contributed by atoms with Crippen molar-refractivity contribution in [2.24, 2.45) is 0 Å². The lowest BCUT2D eigenvalue weighted by Crippen LogP contribution is -2.07. The van der Waals surface area contributed by atoms with E-state index in [-0.39, 0.29) is 17.5 Å². The van der Waals surface area contributed by atoms with Gasteiger partial charge in [0.25, 0.3) is 0 Å². The zero-order valence-corrected chi connectivity index (χ0v) is 7.37. The summed E-state index contributed by atoms with van der Waals surface area (Å²) in [6.45, 7) is 0.675. The molecule has 0 aliphatic rings. The van der Waals surface area contributed by atoms with Gasteiger partial charge in [-0.05, 0) is 24.5 Å². The molecule has 1 aromatic carbocycles. The Labute approximate surface area is 78.0 Å². The van der Waals surface area contributed by atoms with Crippen molar-refractivity contribution in [3.05, 3.63) is 34.4 Å². The van der Waals surface area contributed by atoms with Gasteiger partial charge in [-0.1, -0.05) is 0 Å². The van der Waals surface area contributed by atoms with Crippen molar-refractivity contribution in [2.45, 2.75) is 13.3 Å². The van der Waals surface area contributed by atoms with Gasteiger partial charge in [0.05, 0.1) is 0 Å². The number of hydrogen-bond acceptors (Lipinski definition) is 1. The minimum absolute atomic E-state index is 0.244. The second-order valence-electron chi connectivity index (χ2n) is 2.83. The van der Waals surface area contributed by atoms with Crippen LogP contribution >= 0.6 is 0 Å². The highest BCUT2D eigenvalue weighted by Crippen LogP contribution is 2.23. The van der Waals surface area contributed by atoms with E-state index >= 15 is 0 Å². The van der Waals surface area contributed by atoms with E-state index in [0.717, 1.165) is 6.92 Å². The highest BCUT2D eigenvalue weighted by Gasteiger charge is 2.22. The Balaban J connectivity index is 3.43. The monoisotopic (exact) mass is 208 g/mol. The first-order chi connectivity index (χ1) is 6.50.